The van der Waals surface area contributed by atoms with Crippen molar-refractivity contribution in [2.75, 3.05) is 19.0 Å². The number of hydrogen-bond acceptors (Lipinski definition) is 6. The zero-order valence-corrected chi connectivity index (χ0v) is 15.8. The number of rotatable bonds is 5. The van der Waals surface area contributed by atoms with Crippen LogP contribution < -0.4 is 10.1 Å². The summed E-state index contributed by atoms with van der Waals surface area (Å²) in [5, 5.41) is 17.4. The quantitative estimate of drug-likeness (QED) is 0.876. The number of hydrogen-bond donors (Lipinski definition) is 1. The fourth-order valence-electron chi connectivity index (χ4n) is 4.23. The molecule has 3 heterocycles. The molecule has 4 rings (SSSR count). The molecule has 0 unspecified atom stereocenters. The fourth-order valence-corrected chi connectivity index (χ4v) is 4.23. The molecule has 2 aromatic rings. The lowest BCUT2D eigenvalue weighted by molar-refractivity contribution is 0.119. The van der Waals surface area contributed by atoms with Gasteiger partial charge < -0.3 is 10.1 Å². The van der Waals surface area contributed by atoms with Gasteiger partial charge in [-0.15, -0.1) is 0 Å². The molecule has 2 aliphatic rings. The second-order valence-electron chi connectivity index (χ2n) is 7.32. The smallest absolute Gasteiger partial charge is 0.233 e. The molecule has 142 valence electrons. The number of fused-ring (bicyclic) bond motifs is 1. The molecule has 1 aliphatic carbocycles. The van der Waals surface area contributed by atoms with E-state index < -0.39 is 0 Å². The number of ether oxygens (including phenoxy) is 1. The zero-order chi connectivity index (χ0) is 18.6. The molecular weight excluding hydrogens is 340 g/mol. The summed E-state index contributed by atoms with van der Waals surface area (Å²) in [4.78, 5) is 6.71. The van der Waals surface area contributed by atoms with Gasteiger partial charge in [-0.2, -0.15) is 10.4 Å². The first-order valence-corrected chi connectivity index (χ1v) is 9.75. The highest BCUT2D eigenvalue weighted by molar-refractivity contribution is 5.61. The average molecular weight is 366 g/mol. The molecule has 0 saturated heterocycles. The molecule has 0 bridgehead atoms. The van der Waals surface area contributed by atoms with E-state index in [0.29, 0.717) is 18.0 Å². The van der Waals surface area contributed by atoms with Gasteiger partial charge in [0.05, 0.1) is 37.3 Å². The summed E-state index contributed by atoms with van der Waals surface area (Å²) in [6.07, 6.45) is 8.44. The Morgan fingerprint density at radius 2 is 2.15 bits per heavy atom. The number of methoxy groups -OCH3 is 1. The van der Waals surface area contributed by atoms with E-state index in [0.717, 1.165) is 37.1 Å². The van der Waals surface area contributed by atoms with Gasteiger partial charge in [-0.1, -0.05) is 19.3 Å². The molecule has 0 radical (unpaired) electrons. The Bertz CT molecular complexity index is 833. The normalized spacial score (nSPS) is 17.9. The lowest BCUT2D eigenvalue weighted by Gasteiger charge is -2.36. The van der Waals surface area contributed by atoms with E-state index in [1.807, 2.05) is 0 Å². The largest absolute Gasteiger partial charge is 0.480 e. The summed E-state index contributed by atoms with van der Waals surface area (Å²) in [5.41, 5.74) is 3.43. The van der Waals surface area contributed by atoms with E-state index >= 15 is 0 Å². The van der Waals surface area contributed by atoms with Crippen LogP contribution >= 0.6 is 0 Å². The Labute approximate surface area is 159 Å². The Hall–Kier alpha value is -2.59. The SMILES string of the molecule is COc1nccc(NCc2cc3n(n2)CCN(C2CCCCC2)C3)c1C#N. The van der Waals surface area contributed by atoms with Crippen LogP contribution in [0, 0.1) is 11.3 Å². The molecule has 0 amide bonds. The summed E-state index contributed by atoms with van der Waals surface area (Å²) in [6, 6.07) is 6.88. The first-order chi connectivity index (χ1) is 13.3. The van der Waals surface area contributed by atoms with Gasteiger partial charge in [-0.05, 0) is 25.0 Å². The Morgan fingerprint density at radius 1 is 1.30 bits per heavy atom. The summed E-state index contributed by atoms with van der Waals surface area (Å²) < 4.78 is 7.30. The summed E-state index contributed by atoms with van der Waals surface area (Å²) in [7, 11) is 1.52. The van der Waals surface area contributed by atoms with Crippen LogP contribution in [-0.2, 0) is 19.6 Å². The van der Waals surface area contributed by atoms with Crippen molar-refractivity contribution in [2.24, 2.45) is 0 Å². The third kappa shape index (κ3) is 3.76. The summed E-state index contributed by atoms with van der Waals surface area (Å²) in [5.74, 6) is 0.342. The molecule has 0 aromatic carbocycles. The maximum absolute atomic E-state index is 9.38. The molecule has 1 fully saturated rings. The lowest BCUT2D eigenvalue weighted by atomic mass is 9.94. The maximum Gasteiger partial charge on any atom is 0.233 e. The van der Waals surface area contributed by atoms with Crippen molar-refractivity contribution in [1.82, 2.24) is 19.7 Å². The number of nitrogens with zero attached hydrogens (tertiary/aromatic N) is 5. The molecule has 7 heteroatoms. The Balaban J connectivity index is 1.43. The second-order valence-corrected chi connectivity index (χ2v) is 7.32. The molecule has 27 heavy (non-hydrogen) atoms. The molecule has 0 spiro atoms. The van der Waals surface area contributed by atoms with Crippen LogP contribution in [0.3, 0.4) is 0 Å². The number of aromatic nitrogens is 3. The van der Waals surface area contributed by atoms with Crippen molar-refractivity contribution < 1.29 is 4.74 Å². The van der Waals surface area contributed by atoms with E-state index in [2.05, 4.69) is 32.0 Å². The lowest BCUT2D eigenvalue weighted by Crippen LogP contribution is -2.42. The maximum atomic E-state index is 9.38. The summed E-state index contributed by atoms with van der Waals surface area (Å²) >= 11 is 0. The van der Waals surface area contributed by atoms with E-state index in [1.54, 1.807) is 12.3 Å². The fraction of sp³-hybridized carbons (Fsp3) is 0.550. The molecule has 0 atom stereocenters. The van der Waals surface area contributed by atoms with Crippen LogP contribution in [0.4, 0.5) is 5.69 Å². The highest BCUT2D eigenvalue weighted by Gasteiger charge is 2.26. The monoisotopic (exact) mass is 366 g/mol. The minimum Gasteiger partial charge on any atom is -0.480 e. The van der Waals surface area contributed by atoms with Gasteiger partial charge in [0.1, 0.15) is 11.6 Å². The van der Waals surface area contributed by atoms with Gasteiger partial charge in [0.15, 0.2) is 0 Å². The van der Waals surface area contributed by atoms with Gasteiger partial charge in [0, 0.05) is 25.3 Å². The van der Waals surface area contributed by atoms with Crippen molar-refractivity contribution in [1.29, 1.82) is 5.26 Å². The third-order valence-electron chi connectivity index (χ3n) is 5.65. The van der Waals surface area contributed by atoms with Crippen molar-refractivity contribution in [2.45, 2.75) is 57.8 Å². The number of anilines is 1. The van der Waals surface area contributed by atoms with Gasteiger partial charge >= 0.3 is 0 Å². The Kier molecular flexibility index (Phi) is 5.26. The predicted octanol–water partition coefficient (Wildman–Crippen LogP) is 2.92. The van der Waals surface area contributed by atoms with E-state index in [-0.39, 0.29) is 0 Å². The standard InChI is InChI=1S/C20H26N6O/c1-27-20-18(12-21)19(7-8-22-20)23-13-15-11-17-14-25(9-10-26(17)24-15)16-5-3-2-4-6-16/h7-8,11,16H,2-6,9-10,13-14H2,1H3,(H,22,23). The van der Waals surface area contributed by atoms with Gasteiger partial charge in [0.25, 0.3) is 0 Å². The van der Waals surface area contributed by atoms with E-state index in [1.165, 1.54) is 44.9 Å². The first kappa shape index (κ1) is 17.8. The molecule has 2 aromatic heterocycles. The van der Waals surface area contributed by atoms with Crippen molar-refractivity contribution in [3.63, 3.8) is 0 Å². The predicted molar refractivity (Wildman–Crippen MR) is 102 cm³/mol. The van der Waals surface area contributed by atoms with E-state index in [9.17, 15) is 5.26 Å². The third-order valence-corrected chi connectivity index (χ3v) is 5.65. The summed E-state index contributed by atoms with van der Waals surface area (Å²) in [6.45, 7) is 3.61. The number of pyridine rings is 1. The van der Waals surface area contributed by atoms with Crippen LogP contribution in [0.15, 0.2) is 18.3 Å². The van der Waals surface area contributed by atoms with Crippen molar-refractivity contribution in [3.8, 4) is 11.9 Å². The molecule has 1 aliphatic heterocycles. The first-order valence-electron chi connectivity index (χ1n) is 9.75. The highest BCUT2D eigenvalue weighted by atomic mass is 16.5. The molecule has 1 N–H and O–H groups in total. The molecule has 7 nitrogen and oxygen atoms in total. The van der Waals surface area contributed by atoms with Crippen LogP contribution in [-0.4, -0.2) is 39.4 Å². The van der Waals surface area contributed by atoms with Gasteiger partial charge in [-0.3, -0.25) is 9.58 Å². The van der Waals surface area contributed by atoms with Crippen LogP contribution in [0.25, 0.3) is 0 Å². The Morgan fingerprint density at radius 3 is 2.93 bits per heavy atom. The van der Waals surface area contributed by atoms with E-state index in [4.69, 9.17) is 9.84 Å². The van der Waals surface area contributed by atoms with Crippen LogP contribution in [0.2, 0.25) is 0 Å². The molecular formula is C20H26N6O. The number of nitriles is 1. The average Bonchev–Trinajstić information content (AvgIpc) is 3.14. The van der Waals surface area contributed by atoms with Crippen molar-refractivity contribution in [3.05, 3.63) is 35.3 Å². The number of nitrogens with one attached hydrogen (secondary N) is 1. The van der Waals surface area contributed by atoms with Crippen LogP contribution in [0.5, 0.6) is 5.88 Å². The topological polar surface area (TPSA) is 79.0 Å². The minimum atomic E-state index is 0.342. The second kappa shape index (κ2) is 7.97. The highest BCUT2D eigenvalue weighted by Crippen LogP contribution is 2.27. The van der Waals surface area contributed by atoms with Crippen LogP contribution in [0.1, 0.15) is 49.1 Å². The zero-order valence-electron chi connectivity index (χ0n) is 15.8. The molecule has 1 saturated carbocycles. The minimum absolute atomic E-state index is 0.342. The van der Waals surface area contributed by atoms with Crippen molar-refractivity contribution >= 4 is 5.69 Å². The van der Waals surface area contributed by atoms with Gasteiger partial charge in [0.2, 0.25) is 5.88 Å². The van der Waals surface area contributed by atoms with Gasteiger partial charge in [-0.25, -0.2) is 4.98 Å².